The number of hydrogen-bond acceptors (Lipinski definition) is 21. The highest BCUT2D eigenvalue weighted by atomic mass is 32.2. The molecule has 0 bridgehead atoms. The van der Waals surface area contributed by atoms with Gasteiger partial charge in [0.25, 0.3) is 30.4 Å². The summed E-state index contributed by atoms with van der Waals surface area (Å²) in [4.78, 5) is 14.6. The largest absolute Gasteiger partial charge is 0.491 e. The summed E-state index contributed by atoms with van der Waals surface area (Å²) in [5.41, 5.74) is 2.62. The molecular formula is C33H32N10O13S4. The van der Waals surface area contributed by atoms with Gasteiger partial charge in [0.2, 0.25) is 17.8 Å². The van der Waals surface area contributed by atoms with Crippen molar-refractivity contribution in [2.75, 3.05) is 34.4 Å². The highest BCUT2D eigenvalue weighted by Gasteiger charge is 2.46. The van der Waals surface area contributed by atoms with E-state index in [0.29, 0.717) is 33.2 Å². The van der Waals surface area contributed by atoms with Gasteiger partial charge in [-0.05, 0) is 85.6 Å². The number of anilines is 5. The van der Waals surface area contributed by atoms with Gasteiger partial charge < -0.3 is 20.3 Å². The molecule has 5 aromatic rings. The second-order valence-corrected chi connectivity index (χ2v) is 17.8. The van der Waals surface area contributed by atoms with Crippen molar-refractivity contribution in [1.29, 1.82) is 0 Å². The topological polar surface area (TPSA) is 326 Å². The second kappa shape index (κ2) is 18.7. The highest BCUT2D eigenvalue weighted by molar-refractivity contribution is 7.94. The van der Waals surface area contributed by atoms with Crippen LogP contribution in [-0.2, 0) is 39.7 Å². The average molecular weight is 905 g/mol. The van der Waals surface area contributed by atoms with Crippen molar-refractivity contribution in [2.24, 2.45) is 20.5 Å². The number of ether oxygens (including phenoxy) is 1. The molecule has 1 aliphatic heterocycles. The molecule has 0 spiro atoms. The van der Waals surface area contributed by atoms with Crippen molar-refractivity contribution < 1.29 is 58.3 Å². The van der Waals surface area contributed by atoms with Crippen LogP contribution in [0.5, 0.6) is 5.75 Å². The van der Waals surface area contributed by atoms with Crippen molar-refractivity contribution >= 4 is 94.4 Å². The maximum Gasteiger partial charge on any atom is 0.294 e. The lowest BCUT2D eigenvalue weighted by Gasteiger charge is -2.15. The molecular weight excluding hydrogens is 873 g/mol. The number of azo groups is 2. The zero-order valence-corrected chi connectivity index (χ0v) is 33.9. The number of aromatic nitrogens is 3. The van der Waals surface area contributed by atoms with Crippen LogP contribution in [0.3, 0.4) is 0 Å². The molecule has 1 unspecified atom stereocenters. The Balaban J connectivity index is 1.27. The number of nitrogens with one attached hydrogen (secondary N) is 2. The Morgan fingerprint density at radius 1 is 0.767 bits per heavy atom. The normalized spacial score (nSPS) is 14.5. The van der Waals surface area contributed by atoms with Crippen LogP contribution in [0.4, 0.5) is 52.0 Å². The Morgan fingerprint density at radius 3 is 1.97 bits per heavy atom. The summed E-state index contributed by atoms with van der Waals surface area (Å²) >= 11 is 0.730. The van der Waals surface area contributed by atoms with E-state index in [-0.39, 0.29) is 59.4 Å². The molecule has 1 aromatic heterocycles. The van der Waals surface area contributed by atoms with Crippen molar-refractivity contribution in [2.45, 2.75) is 28.5 Å². The van der Waals surface area contributed by atoms with Gasteiger partial charge in [-0.1, -0.05) is 17.2 Å². The number of nitrogens with zero attached hydrogens (tertiary/aromatic N) is 8. The van der Waals surface area contributed by atoms with Crippen molar-refractivity contribution in [3.05, 3.63) is 90.5 Å². The molecule has 27 heteroatoms. The minimum Gasteiger partial charge on any atom is -0.491 e. The first-order chi connectivity index (χ1) is 28.4. The lowest BCUT2D eigenvalue weighted by molar-refractivity contribution is -0.432. The molecule has 0 saturated carbocycles. The standard InChI is InChI=1S/C33H32N10O13S4/c1-20-15-23(41-40-22-6-3-8-26(17-22)59(48,49)50)9-11-27(20)34-31-36-32(38-33(37-31)43-19-30(43)60(51,52)53)35-28-12-10-24(18-29(28)54-13-4-14-58(45,46)47)42-39-21-5-2-7-25(16-21)57-56-55-44/h2-3,5-12,15-18,30,44H,4,13-14,19H2,1H3,(H,45,46,47)(H,48,49,50)(H,51,52,53)(H2,34,35,36,37,38). The maximum atomic E-state index is 11.9. The monoisotopic (exact) mass is 904 g/mol. The molecule has 1 saturated heterocycles. The fourth-order valence-electron chi connectivity index (χ4n) is 5.09. The molecule has 1 fully saturated rings. The summed E-state index contributed by atoms with van der Waals surface area (Å²) in [6.45, 7) is 1.46. The lowest BCUT2D eigenvalue weighted by Crippen LogP contribution is -2.15. The smallest absolute Gasteiger partial charge is 0.294 e. The van der Waals surface area contributed by atoms with Crippen LogP contribution in [0.1, 0.15) is 12.0 Å². The molecule has 2 heterocycles. The van der Waals surface area contributed by atoms with Crippen LogP contribution in [0.25, 0.3) is 0 Å². The number of hydrogen-bond donors (Lipinski definition) is 6. The third-order valence-electron chi connectivity index (χ3n) is 7.92. The van der Waals surface area contributed by atoms with Gasteiger partial charge in [0.05, 0.1) is 64.3 Å². The molecule has 23 nitrogen and oxygen atoms in total. The predicted molar refractivity (Wildman–Crippen MR) is 215 cm³/mol. The zero-order valence-electron chi connectivity index (χ0n) is 30.7. The third kappa shape index (κ3) is 12.6. The fraction of sp³-hybridized carbons (Fsp3) is 0.182. The van der Waals surface area contributed by atoms with Gasteiger partial charge >= 0.3 is 0 Å². The Bertz CT molecular complexity index is 2780. The van der Waals surface area contributed by atoms with E-state index in [0.717, 1.165) is 18.1 Å². The number of benzene rings is 4. The van der Waals surface area contributed by atoms with Crippen LogP contribution in [0.2, 0.25) is 0 Å². The molecule has 0 aliphatic carbocycles. The first kappa shape index (κ1) is 43.8. The summed E-state index contributed by atoms with van der Waals surface area (Å²) in [6.07, 6.45) is -0.0786. The third-order valence-corrected chi connectivity index (χ3v) is 11.2. The Kier molecular flexibility index (Phi) is 13.6. The van der Waals surface area contributed by atoms with E-state index in [1.165, 1.54) is 35.2 Å². The summed E-state index contributed by atoms with van der Waals surface area (Å²) in [5.74, 6) is -0.729. The van der Waals surface area contributed by atoms with Gasteiger partial charge in [-0.3, -0.25) is 13.7 Å². The minimum absolute atomic E-state index is 0.0552. The summed E-state index contributed by atoms with van der Waals surface area (Å²) in [5, 5.41) is 33.4. The SMILES string of the molecule is Cc1cc(N=Nc2cccc(S(=O)(=O)O)c2)ccc1Nc1nc(Nc2ccc(N=Nc3cccc(SOOO)c3)cc2OCCCS(=O)(=O)O)nc(N2CC2S(=O)(=O)O)n1. The zero-order chi connectivity index (χ0) is 43.1. The molecule has 6 rings (SSSR count). The van der Waals surface area contributed by atoms with Gasteiger partial charge in [0.1, 0.15) is 5.75 Å². The van der Waals surface area contributed by atoms with E-state index in [9.17, 15) is 38.9 Å². The molecule has 0 radical (unpaired) electrons. The predicted octanol–water partition coefficient (Wildman–Crippen LogP) is 6.86. The maximum absolute atomic E-state index is 11.9. The molecule has 1 atom stereocenters. The Hall–Kier alpha value is -5.75. The highest BCUT2D eigenvalue weighted by Crippen LogP contribution is 2.35. The first-order valence-electron chi connectivity index (χ1n) is 17.0. The molecule has 6 N–H and O–H groups in total. The van der Waals surface area contributed by atoms with E-state index >= 15 is 0 Å². The average Bonchev–Trinajstić information content (AvgIpc) is 4.01. The van der Waals surface area contributed by atoms with E-state index in [2.05, 4.69) is 55.4 Å². The minimum atomic E-state index is -4.48. The quantitative estimate of drug-likeness (QED) is 0.00936. The molecule has 60 heavy (non-hydrogen) atoms. The van der Waals surface area contributed by atoms with Crippen molar-refractivity contribution in [3.8, 4) is 5.75 Å². The van der Waals surface area contributed by atoms with Gasteiger partial charge in [-0.15, -0.1) is 4.33 Å². The summed E-state index contributed by atoms with van der Waals surface area (Å²) in [7, 11) is -13.2. The van der Waals surface area contributed by atoms with Gasteiger partial charge in [-0.2, -0.15) is 60.7 Å². The van der Waals surface area contributed by atoms with Crippen LogP contribution < -0.4 is 20.3 Å². The Morgan fingerprint density at radius 2 is 1.37 bits per heavy atom. The molecule has 316 valence electrons. The second-order valence-electron chi connectivity index (χ2n) is 12.4. The Labute approximate surface area is 345 Å². The van der Waals surface area contributed by atoms with E-state index in [4.69, 9.17) is 9.99 Å². The van der Waals surface area contributed by atoms with Crippen LogP contribution in [0.15, 0.2) is 115 Å². The van der Waals surface area contributed by atoms with Crippen LogP contribution in [0, 0.1) is 6.92 Å². The number of aryl methyl sites for hydroxylation is 1. The van der Waals surface area contributed by atoms with Gasteiger partial charge in [0, 0.05) is 16.6 Å². The summed E-state index contributed by atoms with van der Waals surface area (Å²) < 4.78 is 108. The van der Waals surface area contributed by atoms with E-state index in [1.54, 1.807) is 55.5 Å². The van der Waals surface area contributed by atoms with E-state index < -0.39 is 41.5 Å². The fourth-order valence-corrected chi connectivity index (χ4v) is 7.27. The lowest BCUT2D eigenvalue weighted by atomic mass is 10.2. The van der Waals surface area contributed by atoms with Gasteiger partial charge in [-0.25, -0.2) is 5.26 Å². The van der Waals surface area contributed by atoms with Crippen LogP contribution >= 0.6 is 12.0 Å². The summed E-state index contributed by atoms with van der Waals surface area (Å²) in [6, 6.07) is 21.3. The van der Waals surface area contributed by atoms with Crippen molar-refractivity contribution in [1.82, 2.24) is 15.0 Å². The van der Waals surface area contributed by atoms with Crippen LogP contribution in [-0.4, -0.2) is 83.4 Å². The van der Waals surface area contributed by atoms with Crippen molar-refractivity contribution in [3.63, 3.8) is 0 Å². The first-order valence-corrected chi connectivity index (χ1v) is 22.2. The number of rotatable bonds is 19. The van der Waals surface area contributed by atoms with E-state index in [1.807, 2.05) is 0 Å². The van der Waals surface area contributed by atoms with Gasteiger partial charge in [0.15, 0.2) is 5.37 Å². The molecule has 4 aromatic carbocycles. The molecule has 1 aliphatic rings. The molecule has 0 amide bonds.